The van der Waals surface area contributed by atoms with E-state index in [2.05, 4.69) is 0 Å². The van der Waals surface area contributed by atoms with Crippen LogP contribution in [-0.2, 0) is 0 Å². The molecular formula is H3ClO5Pb+2. The van der Waals surface area contributed by atoms with Crippen LogP contribution in [0.4, 0.5) is 0 Å². The zero-order chi connectivity index (χ0) is 4.50. The smallest absolute Gasteiger partial charge is 0.412 e. The van der Waals surface area contributed by atoms with Gasteiger partial charge in [-0.1, -0.05) is 0 Å². The maximum Gasteiger partial charge on any atom is 2.00 e. The van der Waals surface area contributed by atoms with Crippen molar-refractivity contribution in [1.82, 2.24) is 0 Å². The first-order valence-electron chi connectivity index (χ1n) is 0.632. The molecule has 0 bridgehead atoms. The van der Waals surface area contributed by atoms with Gasteiger partial charge in [-0.2, -0.15) is 14.0 Å². The Morgan fingerprint density at radius 3 is 1.14 bits per heavy atom. The molecule has 0 amide bonds. The molecule has 0 aromatic heterocycles. The Morgan fingerprint density at radius 1 is 1.14 bits per heavy atom. The van der Waals surface area contributed by atoms with E-state index in [0.717, 1.165) is 0 Å². The SMILES string of the molecule is O.[O-][Cl+3]([O-])([O-])O.[Pb+2]. The molecule has 7 heavy (non-hydrogen) atoms. The molecule has 7 heteroatoms. The first-order chi connectivity index (χ1) is 2.00. The average molecular weight is 326 g/mol. The van der Waals surface area contributed by atoms with Crippen LogP contribution in [-0.4, -0.2) is 37.4 Å². The summed E-state index contributed by atoms with van der Waals surface area (Å²) in [5.74, 6) is 0. The van der Waals surface area contributed by atoms with Gasteiger partial charge in [0.05, 0.1) is 14.9 Å². The summed E-state index contributed by atoms with van der Waals surface area (Å²) in [4.78, 5) is 0. The number of hydrogen-bond donors (Lipinski definition) is 1. The van der Waals surface area contributed by atoms with Crippen molar-refractivity contribution >= 4 is 27.3 Å². The van der Waals surface area contributed by atoms with E-state index in [4.69, 9.17) is 18.6 Å². The molecule has 0 heterocycles. The van der Waals surface area contributed by atoms with Crippen molar-refractivity contribution in [1.29, 1.82) is 0 Å². The standard InChI is InChI=1S/ClHO4.H2O.Pb/c2-1(3,4)5;;/h(H,2,3,4,5);1H2;/q;;+2. The van der Waals surface area contributed by atoms with Gasteiger partial charge in [0.25, 0.3) is 0 Å². The van der Waals surface area contributed by atoms with E-state index >= 15 is 0 Å². The topological polar surface area (TPSA) is 121 Å². The van der Waals surface area contributed by atoms with Gasteiger partial charge < -0.3 is 5.48 Å². The molecule has 0 rings (SSSR count). The van der Waals surface area contributed by atoms with Crippen LogP contribution in [0.1, 0.15) is 0 Å². The zero-order valence-electron chi connectivity index (χ0n) is 3.05. The maximum absolute atomic E-state index is 8.60. The Kier molecular flexibility index (Phi) is 11.5. The molecule has 2 radical (unpaired) electrons. The van der Waals surface area contributed by atoms with Gasteiger partial charge in [-0.15, -0.1) is 0 Å². The van der Waals surface area contributed by atoms with Crippen LogP contribution in [0, 0.1) is 10.2 Å². The number of rotatable bonds is 0. The third-order valence-corrected chi connectivity index (χ3v) is 0. The van der Waals surface area contributed by atoms with Crippen LogP contribution < -0.4 is 14.0 Å². The molecule has 0 unspecified atom stereocenters. The normalized spacial score (nSPS) is 8.57. The minimum atomic E-state index is -4.69. The quantitative estimate of drug-likeness (QED) is 0.447. The predicted octanol–water partition coefficient (Wildman–Crippen LogP) is -5.33. The van der Waals surface area contributed by atoms with E-state index in [0.29, 0.717) is 0 Å². The molecule has 0 aliphatic carbocycles. The van der Waals surface area contributed by atoms with Crippen LogP contribution in [0.5, 0.6) is 0 Å². The van der Waals surface area contributed by atoms with Crippen molar-refractivity contribution in [3.05, 3.63) is 0 Å². The number of hydrogen-bond acceptors (Lipinski definition) is 4. The molecule has 0 saturated heterocycles. The van der Waals surface area contributed by atoms with Crippen LogP contribution in [0.15, 0.2) is 0 Å². The summed E-state index contributed by atoms with van der Waals surface area (Å²) in [6.45, 7) is 0. The van der Waals surface area contributed by atoms with E-state index in [1.807, 2.05) is 0 Å². The Bertz CT molecular complexity index is 23.6. The first kappa shape index (κ1) is 15.7. The molecule has 0 aromatic carbocycles. The van der Waals surface area contributed by atoms with Crippen molar-refractivity contribution in [2.75, 3.05) is 0 Å². The molecule has 0 aliphatic rings. The molecule has 0 aromatic rings. The van der Waals surface area contributed by atoms with Gasteiger partial charge in [0, 0.05) is 0 Å². The Balaban J connectivity index is -0.0000000800. The van der Waals surface area contributed by atoms with E-state index in [1.54, 1.807) is 0 Å². The summed E-state index contributed by atoms with van der Waals surface area (Å²) in [7, 11) is -4.69. The molecule has 0 fully saturated rings. The van der Waals surface area contributed by atoms with Gasteiger partial charge in [0.15, 0.2) is 0 Å². The fraction of sp³-hybridized carbons (Fsp3) is 0. The van der Waals surface area contributed by atoms with Crippen LogP contribution >= 0.6 is 0 Å². The van der Waals surface area contributed by atoms with Gasteiger partial charge in [0.1, 0.15) is 0 Å². The Hall–Kier alpha value is 1.01. The van der Waals surface area contributed by atoms with Gasteiger partial charge >= 0.3 is 27.3 Å². The summed E-state index contributed by atoms with van der Waals surface area (Å²) in [6, 6.07) is 0. The summed E-state index contributed by atoms with van der Waals surface area (Å²) in [5.41, 5.74) is 0. The van der Waals surface area contributed by atoms with E-state index in [9.17, 15) is 0 Å². The molecule has 0 spiro atoms. The molecule has 0 saturated carbocycles. The minimum Gasteiger partial charge on any atom is -0.412 e. The van der Waals surface area contributed by atoms with Gasteiger partial charge in [-0.25, -0.2) is 0 Å². The van der Waals surface area contributed by atoms with Gasteiger partial charge in [-0.05, 0) is 0 Å². The third kappa shape index (κ3) is 172. The van der Waals surface area contributed by atoms with Crippen LogP contribution in [0.25, 0.3) is 0 Å². The van der Waals surface area contributed by atoms with Crippen molar-refractivity contribution in [2.24, 2.45) is 0 Å². The molecule has 5 nitrogen and oxygen atoms in total. The fourth-order valence-electron chi connectivity index (χ4n) is 0. The third-order valence-electron chi connectivity index (χ3n) is 0. The second kappa shape index (κ2) is 5.15. The van der Waals surface area contributed by atoms with Crippen molar-refractivity contribution in [2.45, 2.75) is 0 Å². The molecule has 0 aliphatic heterocycles. The average Bonchev–Trinajstić information content (AvgIpc) is 0.722. The summed E-state index contributed by atoms with van der Waals surface area (Å²) >= 11 is 0. The molecule has 0 atom stereocenters. The van der Waals surface area contributed by atoms with Gasteiger partial charge in [-0.3, -0.25) is 0 Å². The summed E-state index contributed by atoms with van der Waals surface area (Å²) < 4.78 is 32.7. The fourth-order valence-corrected chi connectivity index (χ4v) is 0. The molecular weight excluding hydrogens is 323 g/mol. The minimum absolute atomic E-state index is 0. The van der Waals surface area contributed by atoms with Crippen molar-refractivity contribution < 1.29 is 34.4 Å². The van der Waals surface area contributed by atoms with Crippen LogP contribution in [0.3, 0.4) is 0 Å². The zero-order valence-corrected chi connectivity index (χ0v) is 7.69. The largest absolute Gasteiger partial charge is 2.00 e. The maximum atomic E-state index is 8.60. The molecule has 3 N–H and O–H groups in total. The molecule has 42 valence electrons. The predicted molar refractivity (Wildman–Crippen MR) is 11.6 cm³/mol. The van der Waals surface area contributed by atoms with Crippen molar-refractivity contribution in [3.63, 3.8) is 0 Å². The van der Waals surface area contributed by atoms with Crippen LogP contribution in [0.2, 0.25) is 0 Å². The Labute approximate surface area is 61.8 Å². The first-order valence-corrected chi connectivity index (χ1v) is 1.90. The van der Waals surface area contributed by atoms with E-state index < -0.39 is 10.2 Å². The van der Waals surface area contributed by atoms with E-state index in [1.165, 1.54) is 0 Å². The second-order valence-corrected chi connectivity index (χ2v) is 1.19. The Morgan fingerprint density at radius 2 is 1.14 bits per heavy atom. The van der Waals surface area contributed by atoms with Crippen molar-refractivity contribution in [3.8, 4) is 0 Å². The van der Waals surface area contributed by atoms with E-state index in [-0.39, 0.29) is 32.8 Å². The van der Waals surface area contributed by atoms with Gasteiger partial charge in [0.2, 0.25) is 0 Å². The number of halogens is 1. The monoisotopic (exact) mass is 326 g/mol. The summed E-state index contributed by atoms with van der Waals surface area (Å²) in [5, 5.41) is 0. The second-order valence-electron chi connectivity index (χ2n) is 0.396. The summed E-state index contributed by atoms with van der Waals surface area (Å²) in [6.07, 6.45) is 0.